The third kappa shape index (κ3) is 3.27. The highest BCUT2D eigenvalue weighted by Gasteiger charge is 2.27. The summed E-state index contributed by atoms with van der Waals surface area (Å²) in [6.07, 6.45) is 5.82. The van der Waals surface area contributed by atoms with Crippen LogP contribution in [0.1, 0.15) is 17.4 Å². The van der Waals surface area contributed by atoms with Gasteiger partial charge in [-0.1, -0.05) is 23.7 Å². The van der Waals surface area contributed by atoms with Crippen molar-refractivity contribution < 1.29 is 14.2 Å². The molecular weight excluding hydrogens is 340 g/mol. The summed E-state index contributed by atoms with van der Waals surface area (Å²) in [6, 6.07) is 14.7. The number of rotatable bonds is 4. The molecule has 0 aliphatic carbocycles. The van der Waals surface area contributed by atoms with E-state index in [0.717, 1.165) is 5.56 Å². The first-order valence-corrected chi connectivity index (χ1v) is 7.99. The van der Waals surface area contributed by atoms with Gasteiger partial charge in [0.15, 0.2) is 5.76 Å². The lowest BCUT2D eigenvalue weighted by molar-refractivity contribution is -0.0187. The molecular formula is C19H13ClN2O3. The standard InChI is InChI=1S/C19H13ClN2O3/c20-16-8-2-1-6-14(16)17-12-23-19(25-17)15-7-4-10-22-18(15)24-13-5-3-9-21-11-13/h1-12,19H/t19-/m0/s1. The third-order valence-corrected chi connectivity index (χ3v) is 3.91. The predicted molar refractivity (Wildman–Crippen MR) is 92.9 cm³/mol. The average Bonchev–Trinajstić information content (AvgIpc) is 3.13. The van der Waals surface area contributed by atoms with Crippen LogP contribution in [0.5, 0.6) is 11.6 Å². The predicted octanol–water partition coefficient (Wildman–Crippen LogP) is 4.97. The van der Waals surface area contributed by atoms with Crippen molar-refractivity contribution in [2.45, 2.75) is 6.29 Å². The number of hydrogen-bond acceptors (Lipinski definition) is 5. The Labute approximate surface area is 149 Å². The van der Waals surface area contributed by atoms with Crippen LogP contribution in [0.2, 0.25) is 5.02 Å². The van der Waals surface area contributed by atoms with E-state index in [0.29, 0.717) is 28.0 Å². The molecule has 124 valence electrons. The van der Waals surface area contributed by atoms with Gasteiger partial charge >= 0.3 is 0 Å². The zero-order valence-electron chi connectivity index (χ0n) is 13.0. The van der Waals surface area contributed by atoms with Crippen molar-refractivity contribution in [1.29, 1.82) is 0 Å². The molecule has 6 heteroatoms. The van der Waals surface area contributed by atoms with E-state index in [2.05, 4.69) is 9.97 Å². The fourth-order valence-corrected chi connectivity index (χ4v) is 2.64. The summed E-state index contributed by atoms with van der Waals surface area (Å²) in [5.41, 5.74) is 1.44. The van der Waals surface area contributed by atoms with Crippen LogP contribution in [-0.2, 0) is 9.47 Å². The molecule has 0 bridgehead atoms. The second kappa shape index (κ2) is 6.83. The van der Waals surface area contributed by atoms with E-state index in [-0.39, 0.29) is 0 Å². The number of hydrogen-bond donors (Lipinski definition) is 0. The van der Waals surface area contributed by atoms with Crippen LogP contribution < -0.4 is 4.74 Å². The first-order valence-electron chi connectivity index (χ1n) is 7.61. The van der Waals surface area contributed by atoms with Gasteiger partial charge < -0.3 is 14.2 Å². The quantitative estimate of drug-likeness (QED) is 0.663. The molecule has 0 saturated carbocycles. The van der Waals surface area contributed by atoms with E-state index in [1.54, 1.807) is 49.1 Å². The summed E-state index contributed by atoms with van der Waals surface area (Å²) in [4.78, 5) is 8.30. The van der Waals surface area contributed by atoms with E-state index < -0.39 is 6.29 Å². The van der Waals surface area contributed by atoms with Crippen LogP contribution in [0.15, 0.2) is 73.4 Å². The Morgan fingerprint density at radius 1 is 1.00 bits per heavy atom. The van der Waals surface area contributed by atoms with Gasteiger partial charge in [-0.3, -0.25) is 4.98 Å². The molecule has 0 amide bonds. The fourth-order valence-electron chi connectivity index (χ4n) is 2.41. The topological polar surface area (TPSA) is 53.5 Å². The molecule has 0 spiro atoms. The second-order valence-corrected chi connectivity index (χ2v) is 5.64. The molecule has 0 N–H and O–H groups in total. The van der Waals surface area contributed by atoms with Gasteiger partial charge in [-0.15, -0.1) is 0 Å². The lowest BCUT2D eigenvalue weighted by atomic mass is 10.2. The Kier molecular flexibility index (Phi) is 4.23. The van der Waals surface area contributed by atoms with Crippen molar-refractivity contribution in [2.24, 2.45) is 0 Å². The number of pyridine rings is 2. The largest absolute Gasteiger partial charge is 0.454 e. The maximum atomic E-state index is 6.22. The Morgan fingerprint density at radius 2 is 1.88 bits per heavy atom. The maximum Gasteiger partial charge on any atom is 0.272 e. The van der Waals surface area contributed by atoms with Gasteiger partial charge in [0.25, 0.3) is 6.29 Å². The number of benzene rings is 1. The molecule has 1 aromatic carbocycles. The molecule has 0 saturated heterocycles. The van der Waals surface area contributed by atoms with Crippen LogP contribution >= 0.6 is 11.6 Å². The second-order valence-electron chi connectivity index (χ2n) is 5.24. The molecule has 1 aliphatic rings. The Hall–Kier alpha value is -3.05. The zero-order chi connectivity index (χ0) is 17.1. The molecule has 25 heavy (non-hydrogen) atoms. The number of ether oxygens (including phenoxy) is 3. The van der Waals surface area contributed by atoms with Gasteiger partial charge in [-0.2, -0.15) is 0 Å². The summed E-state index contributed by atoms with van der Waals surface area (Å²) < 4.78 is 17.4. The van der Waals surface area contributed by atoms with Crippen molar-refractivity contribution in [3.8, 4) is 11.6 Å². The Balaban J connectivity index is 1.57. The maximum absolute atomic E-state index is 6.22. The van der Waals surface area contributed by atoms with Gasteiger partial charge in [-0.05, 0) is 36.4 Å². The number of aromatic nitrogens is 2. The van der Waals surface area contributed by atoms with Gasteiger partial charge in [0.2, 0.25) is 5.88 Å². The van der Waals surface area contributed by atoms with Crippen LogP contribution in [0.4, 0.5) is 0 Å². The highest BCUT2D eigenvalue weighted by molar-refractivity contribution is 6.32. The van der Waals surface area contributed by atoms with Crippen LogP contribution in [0.3, 0.4) is 0 Å². The lowest BCUT2D eigenvalue weighted by Gasteiger charge is -2.15. The number of nitrogens with zero attached hydrogens (tertiary/aromatic N) is 2. The molecule has 4 rings (SSSR count). The smallest absolute Gasteiger partial charge is 0.272 e. The van der Waals surface area contributed by atoms with E-state index >= 15 is 0 Å². The van der Waals surface area contributed by atoms with Crippen molar-refractivity contribution in [1.82, 2.24) is 9.97 Å². The monoisotopic (exact) mass is 352 g/mol. The minimum Gasteiger partial charge on any atom is -0.454 e. The minimum absolute atomic E-state index is 0.398. The molecule has 0 fully saturated rings. The number of halogens is 1. The first-order chi connectivity index (χ1) is 12.3. The summed E-state index contributed by atoms with van der Waals surface area (Å²) in [5.74, 6) is 1.54. The molecule has 3 aromatic rings. The van der Waals surface area contributed by atoms with Crippen molar-refractivity contribution in [2.75, 3.05) is 0 Å². The molecule has 5 nitrogen and oxygen atoms in total. The fraction of sp³-hybridized carbons (Fsp3) is 0.0526. The highest BCUT2D eigenvalue weighted by Crippen LogP contribution is 2.39. The zero-order valence-corrected chi connectivity index (χ0v) is 13.8. The van der Waals surface area contributed by atoms with Crippen LogP contribution in [0.25, 0.3) is 5.76 Å². The van der Waals surface area contributed by atoms with E-state index in [4.69, 9.17) is 25.8 Å². The van der Waals surface area contributed by atoms with E-state index in [9.17, 15) is 0 Å². The summed E-state index contributed by atoms with van der Waals surface area (Å²) in [5, 5.41) is 0.594. The van der Waals surface area contributed by atoms with E-state index in [1.807, 2.05) is 24.3 Å². The molecule has 1 aliphatic heterocycles. The summed E-state index contributed by atoms with van der Waals surface area (Å²) in [7, 11) is 0. The minimum atomic E-state index is -0.661. The molecule has 0 unspecified atom stereocenters. The van der Waals surface area contributed by atoms with Crippen molar-refractivity contribution in [3.05, 3.63) is 89.5 Å². The van der Waals surface area contributed by atoms with Crippen LogP contribution in [0, 0.1) is 0 Å². The SMILES string of the molecule is Clc1ccccc1C1=CO[C@H](c2cccnc2Oc2cccnc2)O1. The van der Waals surface area contributed by atoms with Gasteiger partial charge in [-0.25, -0.2) is 4.98 Å². The van der Waals surface area contributed by atoms with Gasteiger partial charge in [0.05, 0.1) is 16.8 Å². The molecule has 3 heterocycles. The highest BCUT2D eigenvalue weighted by atomic mass is 35.5. The van der Waals surface area contributed by atoms with E-state index in [1.165, 1.54) is 0 Å². The van der Waals surface area contributed by atoms with Gasteiger partial charge in [0.1, 0.15) is 12.0 Å². The van der Waals surface area contributed by atoms with Crippen LogP contribution in [-0.4, -0.2) is 9.97 Å². The average molecular weight is 353 g/mol. The van der Waals surface area contributed by atoms with Crippen molar-refractivity contribution in [3.63, 3.8) is 0 Å². The third-order valence-electron chi connectivity index (χ3n) is 3.58. The summed E-state index contributed by atoms with van der Waals surface area (Å²) >= 11 is 6.22. The van der Waals surface area contributed by atoms with Crippen molar-refractivity contribution >= 4 is 17.4 Å². The van der Waals surface area contributed by atoms with Gasteiger partial charge in [0, 0.05) is 18.0 Å². The molecule has 2 aromatic heterocycles. The Morgan fingerprint density at radius 3 is 2.72 bits per heavy atom. The molecule has 0 radical (unpaired) electrons. The lowest BCUT2D eigenvalue weighted by Crippen LogP contribution is -2.03. The summed E-state index contributed by atoms with van der Waals surface area (Å²) in [6.45, 7) is 0. The normalized spacial score (nSPS) is 15.9. The Bertz CT molecular complexity index is 915. The molecule has 1 atom stereocenters. The first kappa shape index (κ1) is 15.5.